The highest BCUT2D eigenvalue weighted by molar-refractivity contribution is 7.13. The molecule has 5 nitrogen and oxygen atoms in total. The molecule has 0 unspecified atom stereocenters. The van der Waals surface area contributed by atoms with Crippen LogP contribution in [0.3, 0.4) is 0 Å². The van der Waals surface area contributed by atoms with Crippen LogP contribution >= 0.6 is 11.3 Å². The first kappa shape index (κ1) is 17.5. The third-order valence-electron chi connectivity index (χ3n) is 5.91. The summed E-state index contributed by atoms with van der Waals surface area (Å²) in [7, 11) is 0. The smallest absolute Gasteiger partial charge is 0.227 e. The van der Waals surface area contributed by atoms with Gasteiger partial charge in [0.2, 0.25) is 5.91 Å². The van der Waals surface area contributed by atoms with Gasteiger partial charge in [0.25, 0.3) is 0 Å². The Morgan fingerprint density at radius 3 is 2.96 bits per heavy atom. The first-order chi connectivity index (χ1) is 13.8. The highest BCUT2D eigenvalue weighted by atomic mass is 32.1. The molecule has 1 aliphatic carbocycles. The number of hydrogen-bond acceptors (Lipinski definition) is 4. The van der Waals surface area contributed by atoms with Gasteiger partial charge in [0, 0.05) is 36.4 Å². The summed E-state index contributed by atoms with van der Waals surface area (Å²) in [6.45, 7) is 1.60. The number of aromatic amines is 1. The maximum Gasteiger partial charge on any atom is 0.227 e. The minimum atomic E-state index is 0.277. The lowest BCUT2D eigenvalue weighted by Gasteiger charge is -2.36. The number of hydrogen-bond donors (Lipinski definition) is 2. The summed E-state index contributed by atoms with van der Waals surface area (Å²) >= 11 is 1.71. The van der Waals surface area contributed by atoms with Gasteiger partial charge in [-0.05, 0) is 60.4 Å². The Labute approximate surface area is 168 Å². The average molecular weight is 393 g/mol. The van der Waals surface area contributed by atoms with Gasteiger partial charge in [-0.2, -0.15) is 5.10 Å². The summed E-state index contributed by atoms with van der Waals surface area (Å²) in [5.74, 6) is 0.962. The van der Waals surface area contributed by atoms with Crippen molar-refractivity contribution in [2.24, 2.45) is 5.92 Å². The van der Waals surface area contributed by atoms with Crippen molar-refractivity contribution in [3.63, 3.8) is 0 Å². The van der Waals surface area contributed by atoms with E-state index in [1.807, 2.05) is 11.1 Å². The molecule has 1 amide bonds. The largest absolute Gasteiger partial charge is 0.381 e. The van der Waals surface area contributed by atoms with E-state index < -0.39 is 0 Å². The van der Waals surface area contributed by atoms with Crippen LogP contribution in [-0.4, -0.2) is 22.6 Å². The number of rotatable bonds is 6. The van der Waals surface area contributed by atoms with E-state index in [0.717, 1.165) is 35.6 Å². The van der Waals surface area contributed by atoms with Gasteiger partial charge < -0.3 is 10.2 Å². The average Bonchev–Trinajstić information content (AvgIpc) is 3.35. The van der Waals surface area contributed by atoms with E-state index in [4.69, 9.17) is 0 Å². The monoisotopic (exact) mass is 392 g/mol. The molecule has 5 rings (SSSR count). The number of carbonyl (C=O) groups excluding carboxylic acids is 1. The molecule has 0 radical (unpaired) electrons. The summed E-state index contributed by atoms with van der Waals surface area (Å²) in [5, 5.41) is 12.9. The zero-order valence-corrected chi connectivity index (χ0v) is 16.6. The quantitative estimate of drug-likeness (QED) is 0.632. The maximum absolute atomic E-state index is 12.4. The van der Waals surface area contributed by atoms with Gasteiger partial charge in [0.05, 0.1) is 16.8 Å². The second kappa shape index (κ2) is 7.43. The lowest BCUT2D eigenvalue weighted by Crippen LogP contribution is -2.40. The number of amides is 1. The molecule has 1 aromatic carbocycles. The van der Waals surface area contributed by atoms with E-state index in [1.54, 1.807) is 11.3 Å². The molecule has 2 N–H and O–H groups in total. The number of carbonyl (C=O) groups is 1. The van der Waals surface area contributed by atoms with E-state index >= 15 is 0 Å². The number of nitrogens with one attached hydrogen (secondary N) is 2. The predicted octanol–water partition coefficient (Wildman–Crippen LogP) is 4.83. The molecule has 0 atom stereocenters. The van der Waals surface area contributed by atoms with Crippen molar-refractivity contribution in [3.05, 3.63) is 53.0 Å². The highest BCUT2D eigenvalue weighted by Gasteiger charge is 2.28. The Bertz CT molecular complexity index is 974. The van der Waals surface area contributed by atoms with E-state index in [0.29, 0.717) is 18.9 Å². The molecule has 2 aliphatic rings. The highest BCUT2D eigenvalue weighted by Crippen LogP contribution is 2.35. The number of aryl methyl sites for hydroxylation is 1. The van der Waals surface area contributed by atoms with Crippen LogP contribution in [-0.2, 0) is 17.8 Å². The van der Waals surface area contributed by atoms with Crippen LogP contribution in [0.15, 0.2) is 41.9 Å². The number of nitrogens with zero attached hydrogens (tertiary/aromatic N) is 2. The molecule has 1 saturated carbocycles. The third kappa shape index (κ3) is 3.33. The van der Waals surface area contributed by atoms with Crippen LogP contribution in [0.25, 0.3) is 10.6 Å². The first-order valence-electron chi connectivity index (χ1n) is 10.0. The molecule has 2 aromatic heterocycles. The van der Waals surface area contributed by atoms with Crippen LogP contribution in [0, 0.1) is 5.92 Å². The Balaban J connectivity index is 1.31. The molecule has 3 heterocycles. The third-order valence-corrected chi connectivity index (χ3v) is 6.80. The molecule has 144 valence electrons. The van der Waals surface area contributed by atoms with Crippen molar-refractivity contribution in [1.29, 1.82) is 0 Å². The lowest BCUT2D eigenvalue weighted by molar-refractivity contribution is -0.119. The Kier molecular flexibility index (Phi) is 4.64. The zero-order valence-electron chi connectivity index (χ0n) is 15.8. The van der Waals surface area contributed by atoms with Crippen LogP contribution in [0.1, 0.15) is 36.8 Å². The van der Waals surface area contributed by atoms with Crippen molar-refractivity contribution in [1.82, 2.24) is 10.2 Å². The first-order valence-corrected chi connectivity index (χ1v) is 10.9. The number of anilines is 2. The topological polar surface area (TPSA) is 61.0 Å². The molecule has 3 aromatic rings. The number of fused-ring (bicyclic) bond motifs is 1. The van der Waals surface area contributed by atoms with Crippen LogP contribution in [0.2, 0.25) is 0 Å². The molecule has 1 aliphatic heterocycles. The van der Waals surface area contributed by atoms with E-state index in [9.17, 15) is 4.79 Å². The van der Waals surface area contributed by atoms with Gasteiger partial charge in [0.1, 0.15) is 0 Å². The molecular formula is C22H24N4OS. The van der Waals surface area contributed by atoms with Gasteiger partial charge in [-0.25, -0.2) is 0 Å². The fourth-order valence-electron chi connectivity index (χ4n) is 4.08. The molecule has 28 heavy (non-hydrogen) atoms. The number of aromatic nitrogens is 2. The predicted molar refractivity (Wildman–Crippen MR) is 114 cm³/mol. The zero-order chi connectivity index (χ0) is 18.9. The lowest BCUT2D eigenvalue weighted by atomic mass is 9.84. The molecule has 0 bridgehead atoms. The van der Waals surface area contributed by atoms with Gasteiger partial charge in [-0.1, -0.05) is 12.5 Å². The minimum absolute atomic E-state index is 0.277. The molecular weight excluding hydrogens is 368 g/mol. The SMILES string of the molecule is O=C1CCc2cc(NCc3cn[nH]c3-c3cccs3)ccc2N1CC1CCC1. The number of thiophene rings is 1. The summed E-state index contributed by atoms with van der Waals surface area (Å²) in [6.07, 6.45) is 7.17. The number of benzene rings is 1. The van der Waals surface area contributed by atoms with Crippen LogP contribution < -0.4 is 10.2 Å². The Morgan fingerprint density at radius 2 is 2.18 bits per heavy atom. The summed E-state index contributed by atoms with van der Waals surface area (Å²) in [6, 6.07) is 10.6. The second-order valence-electron chi connectivity index (χ2n) is 7.75. The van der Waals surface area contributed by atoms with E-state index in [-0.39, 0.29) is 5.91 Å². The Hall–Kier alpha value is -2.60. The normalized spacial score (nSPS) is 16.7. The van der Waals surface area contributed by atoms with Crippen molar-refractivity contribution < 1.29 is 4.79 Å². The fourth-order valence-corrected chi connectivity index (χ4v) is 4.84. The van der Waals surface area contributed by atoms with Crippen molar-refractivity contribution >= 4 is 28.6 Å². The maximum atomic E-state index is 12.4. The molecule has 0 saturated heterocycles. The van der Waals surface area contributed by atoms with Gasteiger partial charge in [0.15, 0.2) is 0 Å². The fraction of sp³-hybridized carbons (Fsp3) is 0.364. The molecule has 6 heteroatoms. The number of H-pyrrole nitrogens is 1. The minimum Gasteiger partial charge on any atom is -0.381 e. The Morgan fingerprint density at radius 1 is 1.25 bits per heavy atom. The summed E-state index contributed by atoms with van der Waals surface area (Å²) < 4.78 is 0. The molecule has 1 fully saturated rings. The van der Waals surface area contributed by atoms with Crippen molar-refractivity contribution in [2.45, 2.75) is 38.6 Å². The van der Waals surface area contributed by atoms with Crippen molar-refractivity contribution in [3.8, 4) is 10.6 Å². The van der Waals surface area contributed by atoms with E-state index in [1.165, 1.54) is 29.7 Å². The summed E-state index contributed by atoms with van der Waals surface area (Å²) in [5.41, 5.74) is 5.71. The van der Waals surface area contributed by atoms with E-state index in [2.05, 4.69) is 51.2 Å². The van der Waals surface area contributed by atoms with Gasteiger partial charge >= 0.3 is 0 Å². The molecule has 0 spiro atoms. The van der Waals surface area contributed by atoms with Crippen molar-refractivity contribution in [2.75, 3.05) is 16.8 Å². The van der Waals surface area contributed by atoms with Crippen LogP contribution in [0.4, 0.5) is 11.4 Å². The standard InChI is InChI=1S/C22H24N4OS/c27-21-9-6-16-11-18(7-8-19(16)26(21)14-15-3-1-4-15)23-12-17-13-24-25-22(17)20-5-2-10-28-20/h2,5,7-8,10-11,13,15,23H,1,3-4,6,9,12,14H2,(H,24,25). The van der Waals surface area contributed by atoms with Gasteiger partial charge in [-0.3, -0.25) is 9.89 Å². The van der Waals surface area contributed by atoms with Gasteiger partial charge in [-0.15, -0.1) is 11.3 Å². The second-order valence-corrected chi connectivity index (χ2v) is 8.69. The summed E-state index contributed by atoms with van der Waals surface area (Å²) in [4.78, 5) is 15.7. The van der Waals surface area contributed by atoms with Crippen LogP contribution in [0.5, 0.6) is 0 Å².